The summed E-state index contributed by atoms with van der Waals surface area (Å²) in [6.45, 7) is 8.69. The molecule has 0 spiro atoms. The molecule has 2 aliphatic carbocycles. The number of ether oxygens (including phenoxy) is 1. The molecule has 9 nitrogen and oxygen atoms in total. The molecular weight excluding hydrogens is 530 g/mol. The summed E-state index contributed by atoms with van der Waals surface area (Å²) in [5.74, 6) is 5.40. The summed E-state index contributed by atoms with van der Waals surface area (Å²) in [6, 6.07) is 1.44. The monoisotopic (exact) mass is 571 g/mol. The molecule has 3 amide bonds. The van der Waals surface area contributed by atoms with Crippen molar-refractivity contribution in [2.75, 3.05) is 11.4 Å². The molecule has 3 N–H and O–H groups in total. The van der Waals surface area contributed by atoms with Gasteiger partial charge in [-0.05, 0) is 84.1 Å². The van der Waals surface area contributed by atoms with Crippen LogP contribution in [0.25, 0.3) is 0 Å². The van der Waals surface area contributed by atoms with E-state index in [4.69, 9.17) is 4.74 Å². The molecule has 1 saturated heterocycles. The lowest BCUT2D eigenvalue weighted by Gasteiger charge is -2.39. The van der Waals surface area contributed by atoms with Gasteiger partial charge in [-0.25, -0.2) is 9.59 Å². The standard InChI is InChI=1S/C30H41N3O6S/c1-18-5-7-19(8-6-18)27(35)33(23-17-22(13-15-30(2,3)4)40-25(23)28(36)37)21-11-9-20(10-12-21)32-29(38)39-24-14-16-31-26(24)34/h17-21,24H,5-12,14,16H2,1-4H3,(H,31,34)(H,32,38)(H,36,37). The van der Waals surface area contributed by atoms with Gasteiger partial charge in [0, 0.05) is 36.4 Å². The molecule has 0 bridgehead atoms. The van der Waals surface area contributed by atoms with Crippen LogP contribution in [0, 0.1) is 29.1 Å². The van der Waals surface area contributed by atoms with Crippen molar-refractivity contribution in [3.05, 3.63) is 15.8 Å². The van der Waals surface area contributed by atoms with Crippen molar-refractivity contribution >= 4 is 40.9 Å². The largest absolute Gasteiger partial charge is 0.477 e. The number of hydrogen-bond donors (Lipinski definition) is 3. The lowest BCUT2D eigenvalue weighted by molar-refractivity contribution is -0.126. The van der Waals surface area contributed by atoms with Gasteiger partial charge in [0.1, 0.15) is 4.88 Å². The number of carboxylic acid groups (broad SMARTS) is 1. The molecule has 2 saturated carbocycles. The molecular formula is C30H41N3O6S. The molecule has 1 aliphatic heterocycles. The molecule has 2 heterocycles. The van der Waals surface area contributed by atoms with Crippen molar-refractivity contribution < 1.29 is 29.0 Å². The zero-order chi connectivity index (χ0) is 29.0. The molecule has 0 radical (unpaired) electrons. The maximum absolute atomic E-state index is 14.1. The van der Waals surface area contributed by atoms with Gasteiger partial charge in [-0.1, -0.05) is 18.8 Å². The molecule has 218 valence electrons. The number of rotatable bonds is 6. The van der Waals surface area contributed by atoms with Crippen molar-refractivity contribution in [3.8, 4) is 11.8 Å². The van der Waals surface area contributed by atoms with Crippen LogP contribution in [0.5, 0.6) is 0 Å². The first kappa shape index (κ1) is 29.9. The van der Waals surface area contributed by atoms with Crippen molar-refractivity contribution in [3.63, 3.8) is 0 Å². The van der Waals surface area contributed by atoms with Crippen LogP contribution in [-0.2, 0) is 14.3 Å². The van der Waals surface area contributed by atoms with Crippen molar-refractivity contribution in [2.24, 2.45) is 17.3 Å². The van der Waals surface area contributed by atoms with Crippen molar-refractivity contribution in [2.45, 2.75) is 104 Å². The second-order valence-electron chi connectivity index (χ2n) is 12.4. The third-order valence-electron chi connectivity index (χ3n) is 7.96. The highest BCUT2D eigenvalue weighted by atomic mass is 32.1. The van der Waals surface area contributed by atoms with E-state index in [0.717, 1.165) is 37.0 Å². The summed E-state index contributed by atoms with van der Waals surface area (Å²) in [7, 11) is 0. The summed E-state index contributed by atoms with van der Waals surface area (Å²) < 4.78 is 5.28. The fourth-order valence-electron chi connectivity index (χ4n) is 5.72. The lowest BCUT2D eigenvalue weighted by Crippen LogP contribution is -2.49. The molecule has 3 fully saturated rings. The first-order chi connectivity index (χ1) is 18.9. The number of nitrogens with zero attached hydrogens (tertiary/aromatic N) is 1. The van der Waals surface area contributed by atoms with Gasteiger partial charge in [0.05, 0.1) is 10.6 Å². The van der Waals surface area contributed by atoms with Crippen LogP contribution in [0.15, 0.2) is 6.07 Å². The minimum atomic E-state index is -1.06. The van der Waals surface area contributed by atoms with E-state index in [1.807, 2.05) is 20.8 Å². The van der Waals surface area contributed by atoms with Crippen LogP contribution in [-0.4, -0.2) is 53.7 Å². The quantitative estimate of drug-likeness (QED) is 0.416. The maximum atomic E-state index is 14.1. The van der Waals surface area contributed by atoms with Gasteiger partial charge >= 0.3 is 12.1 Å². The number of thiophene rings is 1. The van der Waals surface area contributed by atoms with Crippen molar-refractivity contribution in [1.29, 1.82) is 0 Å². The molecule has 1 unspecified atom stereocenters. The fraction of sp³-hybridized carbons (Fsp3) is 0.667. The lowest BCUT2D eigenvalue weighted by atomic mass is 9.81. The van der Waals surface area contributed by atoms with Gasteiger partial charge in [-0.2, -0.15) is 0 Å². The average Bonchev–Trinajstić information content (AvgIpc) is 3.50. The van der Waals surface area contributed by atoms with Crippen LogP contribution in [0.4, 0.5) is 10.5 Å². The maximum Gasteiger partial charge on any atom is 0.408 e. The molecule has 1 aromatic rings. The Bertz CT molecular complexity index is 1180. The van der Waals surface area contributed by atoms with Crippen LogP contribution < -0.4 is 15.5 Å². The average molecular weight is 572 g/mol. The minimum Gasteiger partial charge on any atom is -0.477 e. The Labute approximate surface area is 240 Å². The Balaban J connectivity index is 1.53. The van der Waals surface area contributed by atoms with Gasteiger partial charge < -0.3 is 25.4 Å². The van der Waals surface area contributed by atoms with Crippen molar-refractivity contribution in [1.82, 2.24) is 10.6 Å². The summed E-state index contributed by atoms with van der Waals surface area (Å²) >= 11 is 1.12. The number of hydrogen-bond acceptors (Lipinski definition) is 6. The first-order valence-electron chi connectivity index (χ1n) is 14.4. The van der Waals surface area contributed by atoms with Gasteiger partial charge in [0.2, 0.25) is 5.91 Å². The predicted octanol–water partition coefficient (Wildman–Crippen LogP) is 4.93. The molecule has 1 aromatic heterocycles. The van der Waals surface area contributed by atoms with E-state index in [2.05, 4.69) is 29.4 Å². The fourth-order valence-corrected chi connectivity index (χ4v) is 6.56. The van der Waals surface area contributed by atoms with E-state index in [1.54, 1.807) is 11.0 Å². The second-order valence-corrected chi connectivity index (χ2v) is 13.5. The van der Waals surface area contributed by atoms with Gasteiger partial charge in [0.15, 0.2) is 6.10 Å². The van der Waals surface area contributed by atoms with Gasteiger partial charge in [-0.3, -0.25) is 9.59 Å². The molecule has 10 heteroatoms. The molecule has 40 heavy (non-hydrogen) atoms. The molecule has 4 rings (SSSR count). The number of carbonyl (C=O) groups excluding carboxylic acids is 3. The van der Waals surface area contributed by atoms with E-state index < -0.39 is 18.2 Å². The number of anilines is 1. The first-order valence-corrected chi connectivity index (χ1v) is 15.2. The highest BCUT2D eigenvalue weighted by Gasteiger charge is 2.38. The number of carboxylic acids is 1. The summed E-state index contributed by atoms with van der Waals surface area (Å²) in [5, 5.41) is 15.6. The van der Waals surface area contributed by atoms with Crippen LogP contribution in [0.1, 0.15) is 100 Å². The third kappa shape index (κ3) is 7.57. The van der Waals surface area contributed by atoms with E-state index in [9.17, 15) is 24.3 Å². The Kier molecular flexibility index (Phi) is 9.44. The van der Waals surface area contributed by atoms with E-state index in [-0.39, 0.29) is 40.1 Å². The Morgan fingerprint density at radius 2 is 1.75 bits per heavy atom. The van der Waals surface area contributed by atoms with Gasteiger partial charge in [-0.15, -0.1) is 11.3 Å². The van der Waals surface area contributed by atoms with Gasteiger partial charge in [0.25, 0.3) is 5.91 Å². The highest BCUT2D eigenvalue weighted by molar-refractivity contribution is 7.15. The number of alkyl carbamates (subject to hydrolysis) is 1. The summed E-state index contributed by atoms with van der Waals surface area (Å²) in [6.07, 6.45) is 5.13. The topological polar surface area (TPSA) is 125 Å². The van der Waals surface area contributed by atoms with Crippen LogP contribution in [0.2, 0.25) is 0 Å². The predicted molar refractivity (Wildman–Crippen MR) is 153 cm³/mol. The van der Waals surface area contributed by atoms with E-state index in [1.165, 1.54) is 0 Å². The number of nitrogens with one attached hydrogen (secondary N) is 2. The minimum absolute atomic E-state index is 0.00871. The third-order valence-corrected chi connectivity index (χ3v) is 8.99. The zero-order valence-electron chi connectivity index (χ0n) is 23.9. The smallest absolute Gasteiger partial charge is 0.408 e. The van der Waals surface area contributed by atoms with E-state index >= 15 is 0 Å². The van der Waals surface area contributed by atoms with E-state index in [0.29, 0.717) is 55.1 Å². The Morgan fingerprint density at radius 1 is 1.07 bits per heavy atom. The Hall–Kier alpha value is -3.06. The number of amides is 3. The summed E-state index contributed by atoms with van der Waals surface area (Å²) in [5.41, 5.74) is 0.193. The molecule has 0 aromatic carbocycles. The highest BCUT2D eigenvalue weighted by Crippen LogP contribution is 2.39. The number of aromatic carboxylic acids is 1. The van der Waals surface area contributed by atoms with Crippen LogP contribution in [0.3, 0.4) is 0 Å². The van der Waals surface area contributed by atoms with Crippen LogP contribution >= 0.6 is 11.3 Å². The second kappa shape index (κ2) is 12.6. The summed E-state index contributed by atoms with van der Waals surface area (Å²) in [4.78, 5) is 53.0. The zero-order valence-corrected chi connectivity index (χ0v) is 24.7. The number of carbonyl (C=O) groups is 4. The molecule has 3 aliphatic rings. The Morgan fingerprint density at radius 3 is 2.33 bits per heavy atom. The normalized spacial score (nSPS) is 26.7. The molecule has 1 atom stereocenters. The SMILES string of the molecule is CC1CCC(C(=O)N(c2cc(C#CC(C)(C)C)sc2C(=O)O)C2CCC(NC(=O)OC3CCNC3=O)CC2)CC1.